The fourth-order valence-electron chi connectivity index (χ4n) is 0.454. The monoisotopic (exact) mass is 136 g/mol. The number of hydrogen-bond donors (Lipinski definition) is 1. The van der Waals surface area contributed by atoms with Gasteiger partial charge in [0.25, 0.3) is 0 Å². The van der Waals surface area contributed by atoms with Crippen LogP contribution in [-0.4, -0.2) is 11.1 Å². The summed E-state index contributed by atoms with van der Waals surface area (Å²) in [4.78, 5) is 8.43. The molecule has 8 heavy (non-hydrogen) atoms. The number of rotatable bonds is 1. The summed E-state index contributed by atoms with van der Waals surface area (Å²) >= 11 is 0. The second kappa shape index (κ2) is 2.65. The minimum Gasteiger partial charge on any atom is -0.346 e. The summed E-state index contributed by atoms with van der Waals surface area (Å²) in [6.07, 6.45) is 0.428. The summed E-state index contributed by atoms with van der Waals surface area (Å²) in [5, 5.41) is 0. The van der Waals surface area contributed by atoms with Gasteiger partial charge in [-0.2, -0.15) is 0 Å². The minimum absolute atomic E-state index is 0.00476. The van der Waals surface area contributed by atoms with Crippen LogP contribution in [-0.2, 0) is 4.57 Å². The third kappa shape index (κ3) is 6.19. The van der Waals surface area contributed by atoms with Crippen molar-refractivity contribution in [2.45, 2.75) is 20.8 Å². The Balaban J connectivity index is 3.55. The molecular weight excluding hydrogens is 123 g/mol. The van der Waals surface area contributed by atoms with Gasteiger partial charge in [0.2, 0.25) is 0 Å². The molecule has 0 saturated carbocycles. The first kappa shape index (κ1) is 8.19. The fraction of sp³-hybridized carbons (Fsp3) is 1.00. The highest BCUT2D eigenvalue weighted by molar-refractivity contribution is 7.38. The summed E-state index contributed by atoms with van der Waals surface area (Å²) < 4.78 is 10.2. The summed E-state index contributed by atoms with van der Waals surface area (Å²) in [5.41, 5.74) is 0.00476. The second-order valence-electron chi connectivity index (χ2n) is 3.13. The number of hydrogen-bond acceptors (Lipinski definition) is 1. The van der Waals surface area contributed by atoms with Crippen molar-refractivity contribution in [2.75, 3.05) is 6.16 Å². The summed E-state index contributed by atoms with van der Waals surface area (Å²) in [6, 6.07) is 0. The van der Waals surface area contributed by atoms with Crippen LogP contribution in [0.2, 0.25) is 0 Å². The molecule has 2 nitrogen and oxygen atoms in total. The molecule has 0 aromatic heterocycles. The molecule has 0 heterocycles. The standard InChI is InChI=1S/C5H13O2P/c1-5(2,3)4-8(6)7/h8H,4H2,1-3H3,(H,6,7). The van der Waals surface area contributed by atoms with Gasteiger partial charge in [-0.15, -0.1) is 0 Å². The zero-order valence-corrected chi connectivity index (χ0v) is 6.56. The van der Waals surface area contributed by atoms with Crippen LogP contribution in [0.1, 0.15) is 20.8 Å². The lowest BCUT2D eigenvalue weighted by molar-refractivity contribution is 0.434. The zero-order valence-electron chi connectivity index (χ0n) is 5.56. The lowest BCUT2D eigenvalue weighted by Gasteiger charge is -2.14. The zero-order chi connectivity index (χ0) is 6.78. The third-order valence-corrected chi connectivity index (χ3v) is 2.04. The average Bonchev–Trinajstić information content (AvgIpc) is 1.21. The van der Waals surface area contributed by atoms with E-state index in [1.807, 2.05) is 20.8 Å². The smallest absolute Gasteiger partial charge is 0.189 e. The molecule has 0 aliphatic carbocycles. The van der Waals surface area contributed by atoms with E-state index in [0.29, 0.717) is 6.16 Å². The van der Waals surface area contributed by atoms with Gasteiger partial charge in [0.15, 0.2) is 8.03 Å². The SMILES string of the molecule is CC(C)(C)C[PH](=O)O. The predicted octanol–water partition coefficient (Wildman–Crippen LogP) is 1.50. The molecule has 50 valence electrons. The van der Waals surface area contributed by atoms with Gasteiger partial charge in [0.05, 0.1) is 0 Å². The van der Waals surface area contributed by atoms with Gasteiger partial charge in [0, 0.05) is 6.16 Å². The molecule has 1 N–H and O–H groups in total. The van der Waals surface area contributed by atoms with E-state index in [1.165, 1.54) is 0 Å². The maximum Gasteiger partial charge on any atom is 0.189 e. The molecule has 0 radical (unpaired) electrons. The molecular formula is C5H13O2P. The van der Waals surface area contributed by atoms with E-state index in [2.05, 4.69) is 0 Å². The van der Waals surface area contributed by atoms with Gasteiger partial charge in [-0.1, -0.05) is 20.8 Å². The van der Waals surface area contributed by atoms with Crippen molar-refractivity contribution in [1.82, 2.24) is 0 Å². The van der Waals surface area contributed by atoms with Crippen molar-refractivity contribution in [3.63, 3.8) is 0 Å². The highest BCUT2D eigenvalue weighted by Gasteiger charge is 2.11. The van der Waals surface area contributed by atoms with Gasteiger partial charge in [-0.25, -0.2) is 0 Å². The molecule has 0 rings (SSSR count). The van der Waals surface area contributed by atoms with E-state index >= 15 is 0 Å². The maximum absolute atomic E-state index is 10.2. The van der Waals surface area contributed by atoms with E-state index in [0.717, 1.165) is 0 Å². The van der Waals surface area contributed by atoms with Crippen molar-refractivity contribution in [1.29, 1.82) is 0 Å². The molecule has 0 amide bonds. The normalized spacial score (nSPS) is 16.0. The predicted molar refractivity (Wildman–Crippen MR) is 35.5 cm³/mol. The van der Waals surface area contributed by atoms with Crippen LogP contribution in [0.4, 0.5) is 0 Å². The largest absolute Gasteiger partial charge is 0.346 e. The molecule has 0 saturated heterocycles. The van der Waals surface area contributed by atoms with Crippen molar-refractivity contribution < 1.29 is 9.46 Å². The van der Waals surface area contributed by atoms with E-state index in [4.69, 9.17) is 4.89 Å². The first-order chi connectivity index (χ1) is 3.42. The third-order valence-electron chi connectivity index (χ3n) is 0.682. The van der Waals surface area contributed by atoms with Gasteiger partial charge < -0.3 is 4.89 Å². The maximum atomic E-state index is 10.2. The van der Waals surface area contributed by atoms with Gasteiger partial charge in [-0.3, -0.25) is 4.57 Å². The van der Waals surface area contributed by atoms with Crippen LogP contribution < -0.4 is 0 Å². The van der Waals surface area contributed by atoms with Crippen molar-refractivity contribution in [3.05, 3.63) is 0 Å². The van der Waals surface area contributed by atoms with E-state index < -0.39 is 8.03 Å². The van der Waals surface area contributed by atoms with Crippen LogP contribution in [0.15, 0.2) is 0 Å². The highest BCUT2D eigenvalue weighted by atomic mass is 31.1. The Bertz CT molecular complexity index is 93.1. The highest BCUT2D eigenvalue weighted by Crippen LogP contribution is 2.26. The van der Waals surface area contributed by atoms with Crippen LogP contribution in [0.3, 0.4) is 0 Å². The van der Waals surface area contributed by atoms with Crippen LogP contribution >= 0.6 is 8.03 Å². The first-order valence-electron chi connectivity index (χ1n) is 2.63. The van der Waals surface area contributed by atoms with Gasteiger partial charge >= 0.3 is 0 Å². The quantitative estimate of drug-likeness (QED) is 0.554. The Labute approximate surface area is 50.8 Å². The summed E-state index contributed by atoms with van der Waals surface area (Å²) in [6.45, 7) is 5.85. The van der Waals surface area contributed by atoms with Gasteiger partial charge in [-0.05, 0) is 5.41 Å². The summed E-state index contributed by atoms with van der Waals surface area (Å²) in [7, 11) is -2.24. The van der Waals surface area contributed by atoms with Crippen molar-refractivity contribution >= 4 is 8.03 Å². The van der Waals surface area contributed by atoms with Crippen LogP contribution in [0.5, 0.6) is 0 Å². The lowest BCUT2D eigenvalue weighted by atomic mass is 10.0. The topological polar surface area (TPSA) is 37.3 Å². The molecule has 0 aliphatic rings. The summed E-state index contributed by atoms with van der Waals surface area (Å²) in [5.74, 6) is 0. The second-order valence-corrected chi connectivity index (χ2v) is 4.27. The molecule has 0 aromatic carbocycles. The Morgan fingerprint density at radius 3 is 1.88 bits per heavy atom. The van der Waals surface area contributed by atoms with E-state index in [-0.39, 0.29) is 5.41 Å². The Kier molecular flexibility index (Phi) is 2.72. The average molecular weight is 136 g/mol. The van der Waals surface area contributed by atoms with E-state index in [1.54, 1.807) is 0 Å². The fourth-order valence-corrected chi connectivity index (χ4v) is 1.36. The molecule has 0 fully saturated rings. The van der Waals surface area contributed by atoms with Crippen molar-refractivity contribution in [3.8, 4) is 0 Å². The molecule has 1 unspecified atom stereocenters. The van der Waals surface area contributed by atoms with Crippen LogP contribution in [0, 0.1) is 5.41 Å². The first-order valence-corrected chi connectivity index (χ1v) is 4.20. The minimum atomic E-state index is -2.24. The Morgan fingerprint density at radius 1 is 1.50 bits per heavy atom. The Morgan fingerprint density at radius 2 is 1.88 bits per heavy atom. The molecule has 0 bridgehead atoms. The van der Waals surface area contributed by atoms with E-state index in [9.17, 15) is 4.57 Å². The molecule has 3 heteroatoms. The van der Waals surface area contributed by atoms with Gasteiger partial charge in [0.1, 0.15) is 0 Å². The van der Waals surface area contributed by atoms with Crippen molar-refractivity contribution in [2.24, 2.45) is 5.41 Å². The molecule has 0 aromatic rings. The molecule has 0 aliphatic heterocycles. The Hall–Kier alpha value is 0.190. The molecule has 0 spiro atoms. The molecule has 1 atom stereocenters. The lowest BCUT2D eigenvalue weighted by Crippen LogP contribution is -2.07. The van der Waals surface area contributed by atoms with Crippen LogP contribution in [0.25, 0.3) is 0 Å².